The zero-order chi connectivity index (χ0) is 21.0. The largest absolute Gasteiger partial charge is 0.323 e. The molecule has 150 valence electrons. The minimum atomic E-state index is -3.90. The van der Waals surface area contributed by atoms with Gasteiger partial charge < -0.3 is 10.6 Å². The minimum Gasteiger partial charge on any atom is -0.308 e. The first-order valence-electron chi connectivity index (χ1n) is 8.45. The summed E-state index contributed by atoms with van der Waals surface area (Å²) in [6.07, 6.45) is 0. The Bertz CT molecular complexity index is 1120. The second-order valence-electron chi connectivity index (χ2n) is 6.02. The molecule has 9 heteroatoms. The summed E-state index contributed by atoms with van der Waals surface area (Å²) in [7, 11) is -2.49. The summed E-state index contributed by atoms with van der Waals surface area (Å²) >= 11 is 12.0. The first kappa shape index (κ1) is 21.0. The quantitative estimate of drug-likeness (QED) is 0.542. The number of urea groups is 1. The van der Waals surface area contributed by atoms with Crippen molar-refractivity contribution in [2.45, 2.75) is 4.90 Å². The Kier molecular flexibility index (Phi) is 6.32. The van der Waals surface area contributed by atoms with Crippen LogP contribution in [0.2, 0.25) is 10.0 Å². The maximum Gasteiger partial charge on any atom is 0.323 e. The van der Waals surface area contributed by atoms with Crippen molar-refractivity contribution in [2.24, 2.45) is 0 Å². The van der Waals surface area contributed by atoms with E-state index in [4.69, 9.17) is 23.2 Å². The monoisotopic (exact) mass is 449 g/mol. The second-order valence-corrected chi connectivity index (χ2v) is 8.74. The Morgan fingerprint density at radius 3 is 2.03 bits per heavy atom. The van der Waals surface area contributed by atoms with E-state index in [-0.39, 0.29) is 14.9 Å². The number of anilines is 3. The number of nitrogens with zero attached hydrogens (tertiary/aromatic N) is 1. The van der Waals surface area contributed by atoms with Crippen LogP contribution in [0.15, 0.2) is 77.7 Å². The number of hydrogen-bond donors (Lipinski definition) is 2. The van der Waals surface area contributed by atoms with Gasteiger partial charge in [-0.05, 0) is 48.5 Å². The molecule has 0 unspecified atom stereocenters. The van der Waals surface area contributed by atoms with Crippen molar-refractivity contribution in [3.63, 3.8) is 0 Å². The number of nitrogens with one attached hydrogen (secondary N) is 2. The Labute approximate surface area is 179 Å². The van der Waals surface area contributed by atoms with Gasteiger partial charge in [0, 0.05) is 18.4 Å². The predicted octanol–water partition coefficient (Wildman–Crippen LogP) is 5.46. The van der Waals surface area contributed by atoms with Gasteiger partial charge in [0.15, 0.2) is 0 Å². The molecule has 0 saturated heterocycles. The van der Waals surface area contributed by atoms with Gasteiger partial charge in [0.1, 0.15) is 4.90 Å². The van der Waals surface area contributed by atoms with Crippen LogP contribution in [0, 0.1) is 0 Å². The zero-order valence-electron chi connectivity index (χ0n) is 15.3. The molecule has 6 nitrogen and oxygen atoms in total. The number of carbonyl (C=O) groups is 1. The summed E-state index contributed by atoms with van der Waals surface area (Å²) in [6.45, 7) is 0. The van der Waals surface area contributed by atoms with E-state index >= 15 is 0 Å². The van der Waals surface area contributed by atoms with Gasteiger partial charge in [-0.1, -0.05) is 47.5 Å². The van der Waals surface area contributed by atoms with E-state index in [0.717, 1.165) is 4.31 Å². The maximum absolute atomic E-state index is 12.9. The fourth-order valence-electron chi connectivity index (χ4n) is 2.54. The van der Waals surface area contributed by atoms with E-state index in [1.165, 1.54) is 25.2 Å². The maximum atomic E-state index is 12.9. The molecule has 2 amide bonds. The summed E-state index contributed by atoms with van der Waals surface area (Å²) in [5.41, 5.74) is 1.56. The lowest BCUT2D eigenvalue weighted by Crippen LogP contribution is -2.27. The highest BCUT2D eigenvalue weighted by molar-refractivity contribution is 7.93. The Morgan fingerprint density at radius 1 is 0.828 bits per heavy atom. The summed E-state index contributed by atoms with van der Waals surface area (Å²) < 4.78 is 26.8. The Balaban J connectivity index is 1.74. The molecule has 0 bridgehead atoms. The number of sulfonamides is 1. The normalized spacial score (nSPS) is 11.0. The molecular weight excluding hydrogens is 433 g/mol. The molecule has 0 atom stereocenters. The number of benzene rings is 3. The molecule has 0 heterocycles. The molecule has 0 aromatic heterocycles. The van der Waals surface area contributed by atoms with E-state index in [2.05, 4.69) is 10.6 Å². The van der Waals surface area contributed by atoms with E-state index in [1.807, 2.05) is 18.2 Å². The third kappa shape index (κ3) is 4.82. The number of para-hydroxylation sites is 1. The minimum absolute atomic E-state index is 0.0307. The second kappa shape index (κ2) is 8.73. The van der Waals surface area contributed by atoms with Gasteiger partial charge in [-0.25, -0.2) is 13.2 Å². The van der Waals surface area contributed by atoms with Gasteiger partial charge in [-0.3, -0.25) is 4.31 Å². The average molecular weight is 450 g/mol. The highest BCUT2D eigenvalue weighted by Gasteiger charge is 2.25. The number of amides is 2. The Hall–Kier alpha value is -2.74. The zero-order valence-corrected chi connectivity index (χ0v) is 17.6. The lowest BCUT2D eigenvalue weighted by atomic mass is 10.3. The Morgan fingerprint density at radius 2 is 1.41 bits per heavy atom. The van der Waals surface area contributed by atoms with Crippen molar-refractivity contribution in [1.29, 1.82) is 0 Å². The van der Waals surface area contributed by atoms with Crippen LogP contribution in [0.5, 0.6) is 0 Å². The van der Waals surface area contributed by atoms with Crippen molar-refractivity contribution in [3.8, 4) is 0 Å². The molecule has 3 rings (SSSR count). The van der Waals surface area contributed by atoms with Crippen LogP contribution in [0.25, 0.3) is 0 Å². The molecule has 2 N–H and O–H groups in total. The van der Waals surface area contributed by atoms with E-state index in [0.29, 0.717) is 17.1 Å². The topological polar surface area (TPSA) is 78.5 Å². The summed E-state index contributed by atoms with van der Waals surface area (Å²) in [5, 5.41) is 5.52. The first-order chi connectivity index (χ1) is 13.8. The SMILES string of the molecule is CN(c1ccc(NC(=O)Nc2ccccc2)cc1)S(=O)(=O)c1cccc(Cl)c1Cl. The van der Waals surface area contributed by atoms with Crippen LogP contribution in [0.3, 0.4) is 0 Å². The van der Waals surface area contributed by atoms with E-state index in [9.17, 15) is 13.2 Å². The van der Waals surface area contributed by atoms with Crippen molar-refractivity contribution in [3.05, 3.63) is 82.8 Å². The standard InChI is InChI=1S/C20H17Cl2N3O3S/c1-25(29(27,28)18-9-5-8-17(21)19(18)22)16-12-10-15(11-13-16)24-20(26)23-14-6-3-2-4-7-14/h2-13H,1H3,(H2,23,24,26). The van der Waals surface area contributed by atoms with Gasteiger partial charge in [0.25, 0.3) is 10.0 Å². The number of rotatable bonds is 5. The lowest BCUT2D eigenvalue weighted by molar-refractivity contribution is 0.262. The van der Waals surface area contributed by atoms with Crippen LogP contribution in [0.4, 0.5) is 21.9 Å². The third-order valence-electron chi connectivity index (χ3n) is 4.08. The van der Waals surface area contributed by atoms with Crippen molar-refractivity contribution < 1.29 is 13.2 Å². The molecule has 0 fully saturated rings. The van der Waals surface area contributed by atoms with Gasteiger partial charge in [0.2, 0.25) is 0 Å². The van der Waals surface area contributed by atoms with Crippen molar-refractivity contribution in [2.75, 3.05) is 22.0 Å². The summed E-state index contributed by atoms with van der Waals surface area (Å²) in [5.74, 6) is 0. The molecule has 0 spiro atoms. The first-order valence-corrected chi connectivity index (χ1v) is 10.6. The van der Waals surface area contributed by atoms with E-state index < -0.39 is 16.1 Å². The lowest BCUT2D eigenvalue weighted by Gasteiger charge is -2.20. The number of carbonyl (C=O) groups excluding carboxylic acids is 1. The predicted molar refractivity (Wildman–Crippen MR) is 118 cm³/mol. The molecule has 0 radical (unpaired) electrons. The molecule has 3 aromatic carbocycles. The van der Waals surface area contributed by atoms with Crippen molar-refractivity contribution in [1.82, 2.24) is 0 Å². The molecule has 0 aliphatic rings. The summed E-state index contributed by atoms with van der Waals surface area (Å²) in [6, 6.07) is 19.4. The van der Waals surface area contributed by atoms with Crippen LogP contribution in [-0.4, -0.2) is 21.5 Å². The summed E-state index contributed by atoms with van der Waals surface area (Å²) in [4.78, 5) is 12.0. The smallest absolute Gasteiger partial charge is 0.308 e. The van der Waals surface area contributed by atoms with E-state index in [1.54, 1.807) is 36.4 Å². The molecule has 0 aliphatic heterocycles. The highest BCUT2D eigenvalue weighted by atomic mass is 35.5. The molecule has 0 saturated carbocycles. The van der Waals surface area contributed by atoms with Gasteiger partial charge in [-0.15, -0.1) is 0 Å². The van der Waals surface area contributed by atoms with Crippen LogP contribution >= 0.6 is 23.2 Å². The molecule has 0 aliphatic carbocycles. The molecular formula is C20H17Cl2N3O3S. The van der Waals surface area contributed by atoms with Gasteiger partial charge in [-0.2, -0.15) is 0 Å². The average Bonchev–Trinajstić information content (AvgIpc) is 2.70. The van der Waals surface area contributed by atoms with Crippen LogP contribution < -0.4 is 14.9 Å². The fraction of sp³-hybridized carbons (Fsp3) is 0.0500. The molecule has 29 heavy (non-hydrogen) atoms. The fourth-order valence-corrected chi connectivity index (χ4v) is 4.47. The van der Waals surface area contributed by atoms with Crippen molar-refractivity contribution >= 4 is 56.3 Å². The van der Waals surface area contributed by atoms with Gasteiger partial charge in [0.05, 0.1) is 15.7 Å². The highest BCUT2D eigenvalue weighted by Crippen LogP contribution is 2.32. The number of hydrogen-bond acceptors (Lipinski definition) is 3. The van der Waals surface area contributed by atoms with Gasteiger partial charge >= 0.3 is 6.03 Å². The van der Waals surface area contributed by atoms with Crippen LogP contribution in [0.1, 0.15) is 0 Å². The number of halogens is 2. The van der Waals surface area contributed by atoms with Crippen LogP contribution in [-0.2, 0) is 10.0 Å². The molecule has 3 aromatic rings. The third-order valence-corrected chi connectivity index (χ3v) is 6.83.